The van der Waals surface area contributed by atoms with Gasteiger partial charge in [0.25, 0.3) is 0 Å². The highest BCUT2D eigenvalue weighted by Gasteiger charge is 2.10. The van der Waals surface area contributed by atoms with E-state index in [9.17, 15) is 4.79 Å². The number of rotatable bonds is 6. The highest BCUT2D eigenvalue weighted by molar-refractivity contribution is 6.30. The smallest absolute Gasteiger partial charge is 0.325 e. The summed E-state index contributed by atoms with van der Waals surface area (Å²) in [6, 6.07) is 0. The number of halogens is 1. The Morgan fingerprint density at radius 3 is 2.72 bits per heavy atom. The Balaban J connectivity index is 2.77. The van der Waals surface area contributed by atoms with Gasteiger partial charge in [-0.25, -0.2) is 9.97 Å². The van der Waals surface area contributed by atoms with Crippen LogP contribution < -0.4 is 5.32 Å². The second-order valence-corrected chi connectivity index (χ2v) is 4.17. The number of hydrogen-bond acceptors (Lipinski definition) is 5. The van der Waals surface area contributed by atoms with Crippen molar-refractivity contribution in [1.29, 1.82) is 0 Å². The first-order valence-corrected chi connectivity index (χ1v) is 6.38. The molecular formula is C12H18ClN3O2. The molecule has 0 aliphatic rings. The lowest BCUT2D eigenvalue weighted by atomic mass is 10.3. The van der Waals surface area contributed by atoms with Gasteiger partial charge in [-0.15, -0.1) is 0 Å². The molecule has 0 aliphatic heterocycles. The first kappa shape index (κ1) is 14.7. The van der Waals surface area contributed by atoms with Gasteiger partial charge in [-0.05, 0) is 20.3 Å². The SMILES string of the molecule is CCCc1nc(Cl)c(C)c(NCC(=O)OCC)n1. The molecule has 0 radical (unpaired) electrons. The van der Waals surface area contributed by atoms with E-state index in [0.29, 0.717) is 23.4 Å². The van der Waals surface area contributed by atoms with Crippen molar-refractivity contribution in [2.75, 3.05) is 18.5 Å². The quantitative estimate of drug-likeness (QED) is 0.636. The summed E-state index contributed by atoms with van der Waals surface area (Å²) in [7, 11) is 0. The highest BCUT2D eigenvalue weighted by Crippen LogP contribution is 2.20. The van der Waals surface area contributed by atoms with Crippen LogP contribution in [-0.4, -0.2) is 29.1 Å². The summed E-state index contributed by atoms with van der Waals surface area (Å²) in [6.07, 6.45) is 1.70. The Kier molecular flexibility index (Phi) is 5.85. The van der Waals surface area contributed by atoms with E-state index in [4.69, 9.17) is 16.3 Å². The number of aromatic nitrogens is 2. The molecule has 0 aliphatic carbocycles. The number of nitrogens with one attached hydrogen (secondary N) is 1. The Labute approximate surface area is 112 Å². The van der Waals surface area contributed by atoms with Crippen LogP contribution >= 0.6 is 11.6 Å². The minimum absolute atomic E-state index is 0.0770. The van der Waals surface area contributed by atoms with Crippen LogP contribution in [0.5, 0.6) is 0 Å². The third kappa shape index (κ3) is 4.14. The predicted octanol–water partition coefficient (Wildman–Crippen LogP) is 2.37. The first-order chi connectivity index (χ1) is 8.58. The number of esters is 1. The fraction of sp³-hybridized carbons (Fsp3) is 0.583. The molecule has 6 heteroatoms. The van der Waals surface area contributed by atoms with E-state index in [1.54, 1.807) is 6.92 Å². The molecule has 1 heterocycles. The van der Waals surface area contributed by atoms with Crippen LogP contribution in [0.2, 0.25) is 5.15 Å². The van der Waals surface area contributed by atoms with Gasteiger partial charge in [-0.1, -0.05) is 18.5 Å². The number of nitrogens with zero attached hydrogens (tertiary/aromatic N) is 2. The van der Waals surface area contributed by atoms with Gasteiger partial charge < -0.3 is 10.1 Å². The summed E-state index contributed by atoms with van der Waals surface area (Å²) in [4.78, 5) is 19.8. The monoisotopic (exact) mass is 271 g/mol. The van der Waals surface area contributed by atoms with E-state index in [2.05, 4.69) is 15.3 Å². The van der Waals surface area contributed by atoms with Crippen LogP contribution in [0, 0.1) is 6.92 Å². The fourth-order valence-electron chi connectivity index (χ4n) is 1.41. The summed E-state index contributed by atoms with van der Waals surface area (Å²) in [5.41, 5.74) is 0.737. The van der Waals surface area contributed by atoms with Gasteiger partial charge in [0.05, 0.1) is 6.61 Å². The third-order valence-corrected chi connectivity index (χ3v) is 2.68. The molecule has 5 nitrogen and oxygen atoms in total. The van der Waals surface area contributed by atoms with Crippen LogP contribution in [0.25, 0.3) is 0 Å². The van der Waals surface area contributed by atoms with Gasteiger partial charge in [-0.3, -0.25) is 4.79 Å². The number of hydrogen-bond donors (Lipinski definition) is 1. The van der Waals surface area contributed by atoms with Gasteiger partial charge in [0.2, 0.25) is 0 Å². The maximum atomic E-state index is 11.3. The van der Waals surface area contributed by atoms with E-state index in [0.717, 1.165) is 18.4 Å². The molecule has 0 aromatic carbocycles. The Hall–Kier alpha value is -1.36. The molecule has 1 aromatic rings. The predicted molar refractivity (Wildman–Crippen MR) is 70.9 cm³/mol. The van der Waals surface area contributed by atoms with Crippen LogP contribution in [0.4, 0.5) is 5.82 Å². The minimum Gasteiger partial charge on any atom is -0.465 e. The lowest BCUT2D eigenvalue weighted by molar-refractivity contribution is -0.140. The molecule has 1 rings (SSSR count). The summed E-state index contributed by atoms with van der Waals surface area (Å²) in [6.45, 7) is 6.07. The highest BCUT2D eigenvalue weighted by atomic mass is 35.5. The fourth-order valence-corrected chi connectivity index (χ4v) is 1.60. The molecule has 1 N–H and O–H groups in total. The molecule has 0 spiro atoms. The molecule has 0 amide bonds. The number of carbonyl (C=O) groups is 1. The Bertz CT molecular complexity index is 424. The molecule has 1 aromatic heterocycles. The second-order valence-electron chi connectivity index (χ2n) is 3.81. The summed E-state index contributed by atoms with van der Waals surface area (Å²) < 4.78 is 4.83. The standard InChI is InChI=1S/C12H18ClN3O2/c1-4-6-9-15-11(13)8(3)12(16-9)14-7-10(17)18-5-2/h4-7H2,1-3H3,(H,14,15,16). The lowest BCUT2D eigenvalue weighted by Crippen LogP contribution is -2.18. The minimum atomic E-state index is -0.316. The second kappa shape index (κ2) is 7.16. The molecule has 0 atom stereocenters. The maximum absolute atomic E-state index is 11.3. The number of aryl methyl sites for hydroxylation is 1. The zero-order valence-corrected chi connectivity index (χ0v) is 11.7. The molecule has 18 heavy (non-hydrogen) atoms. The zero-order valence-electron chi connectivity index (χ0n) is 10.9. The van der Waals surface area contributed by atoms with Crippen molar-refractivity contribution in [3.8, 4) is 0 Å². The Morgan fingerprint density at radius 1 is 1.39 bits per heavy atom. The number of ether oxygens (including phenoxy) is 1. The summed E-state index contributed by atoms with van der Waals surface area (Å²) in [5.74, 6) is 0.953. The van der Waals surface area contributed by atoms with E-state index in [-0.39, 0.29) is 12.5 Å². The molecule has 0 saturated heterocycles. The van der Waals surface area contributed by atoms with E-state index < -0.39 is 0 Å². The zero-order chi connectivity index (χ0) is 13.5. The van der Waals surface area contributed by atoms with E-state index in [1.807, 2.05) is 13.8 Å². The third-order valence-electron chi connectivity index (χ3n) is 2.31. The van der Waals surface area contributed by atoms with Crippen molar-refractivity contribution in [1.82, 2.24) is 9.97 Å². The van der Waals surface area contributed by atoms with Gasteiger partial charge in [0.1, 0.15) is 23.3 Å². The van der Waals surface area contributed by atoms with Gasteiger partial charge in [0.15, 0.2) is 0 Å². The van der Waals surface area contributed by atoms with Crippen molar-refractivity contribution in [3.63, 3.8) is 0 Å². The van der Waals surface area contributed by atoms with Crippen molar-refractivity contribution >= 4 is 23.4 Å². The molecule has 0 fully saturated rings. The average molecular weight is 272 g/mol. The molecule has 0 saturated carbocycles. The molecular weight excluding hydrogens is 254 g/mol. The van der Waals surface area contributed by atoms with Crippen molar-refractivity contribution < 1.29 is 9.53 Å². The summed E-state index contributed by atoms with van der Waals surface area (Å²) >= 11 is 6.02. The normalized spacial score (nSPS) is 10.2. The topological polar surface area (TPSA) is 64.1 Å². The molecule has 100 valence electrons. The maximum Gasteiger partial charge on any atom is 0.325 e. The number of anilines is 1. The summed E-state index contributed by atoms with van der Waals surface area (Å²) in [5, 5.41) is 3.34. The van der Waals surface area contributed by atoms with Crippen LogP contribution in [0.1, 0.15) is 31.7 Å². The van der Waals surface area contributed by atoms with Gasteiger partial charge in [0, 0.05) is 12.0 Å². The van der Waals surface area contributed by atoms with E-state index >= 15 is 0 Å². The van der Waals surface area contributed by atoms with Crippen LogP contribution in [0.3, 0.4) is 0 Å². The Morgan fingerprint density at radius 2 is 2.11 bits per heavy atom. The molecule has 0 unspecified atom stereocenters. The number of carbonyl (C=O) groups excluding carboxylic acids is 1. The average Bonchev–Trinajstić information content (AvgIpc) is 2.32. The molecule has 0 bridgehead atoms. The largest absolute Gasteiger partial charge is 0.465 e. The van der Waals surface area contributed by atoms with Crippen molar-refractivity contribution in [2.24, 2.45) is 0 Å². The first-order valence-electron chi connectivity index (χ1n) is 6.01. The van der Waals surface area contributed by atoms with E-state index in [1.165, 1.54) is 0 Å². The lowest BCUT2D eigenvalue weighted by Gasteiger charge is -2.10. The van der Waals surface area contributed by atoms with Crippen LogP contribution in [0.15, 0.2) is 0 Å². The van der Waals surface area contributed by atoms with Gasteiger partial charge in [-0.2, -0.15) is 0 Å². The van der Waals surface area contributed by atoms with Crippen molar-refractivity contribution in [3.05, 3.63) is 16.5 Å². The van der Waals surface area contributed by atoms with Crippen LogP contribution in [-0.2, 0) is 16.0 Å². The van der Waals surface area contributed by atoms with Gasteiger partial charge >= 0.3 is 5.97 Å². The van der Waals surface area contributed by atoms with Crippen molar-refractivity contribution in [2.45, 2.75) is 33.6 Å².